The second-order valence-corrected chi connectivity index (χ2v) is 10.5. The van der Waals surface area contributed by atoms with Gasteiger partial charge in [0, 0.05) is 47.6 Å². The molecule has 0 heterocycles. The minimum atomic E-state index is -0.663. The molecule has 0 radical (unpaired) electrons. The third kappa shape index (κ3) is 73.3. The molecule has 8 heteroatoms. The summed E-state index contributed by atoms with van der Waals surface area (Å²) in [4.78, 5) is 30.4. The average Bonchev–Trinajstić information content (AvgIpc) is 2.92. The van der Waals surface area contributed by atoms with Crippen LogP contribution in [-0.4, -0.2) is 44.9 Å². The molecule has 0 spiro atoms. The van der Waals surface area contributed by atoms with Crippen molar-refractivity contribution in [2.24, 2.45) is 0 Å². The molecule has 0 aliphatic carbocycles. The zero-order valence-electron chi connectivity index (χ0n) is 27.4. The van der Waals surface area contributed by atoms with Crippen LogP contribution >= 0.6 is 0 Å². The van der Waals surface area contributed by atoms with Crippen molar-refractivity contribution in [3.05, 3.63) is 0 Å². The van der Waals surface area contributed by atoms with E-state index < -0.39 is 17.9 Å². The van der Waals surface area contributed by atoms with Crippen molar-refractivity contribution < 1.29 is 56.5 Å². The number of hydrogen-bond donors (Lipinski definition) is 4. The fraction of sp³-hybridized carbons (Fsp3) is 0.909. The van der Waals surface area contributed by atoms with Gasteiger partial charge in [0.25, 0.3) is 0 Å². The van der Waals surface area contributed by atoms with Gasteiger partial charge in [0.1, 0.15) is 0 Å². The number of hydrogen-bond acceptors (Lipinski definition) is 4. The predicted octanol–water partition coefficient (Wildman–Crippen LogP) is 10.0. The van der Waals surface area contributed by atoms with E-state index in [0.29, 0.717) is 25.9 Å². The number of carbonyl (C=O) groups is 3. The van der Waals surface area contributed by atoms with E-state index in [0.717, 1.165) is 44.9 Å². The second kappa shape index (κ2) is 48.8. The molecule has 7 nitrogen and oxygen atoms in total. The Morgan fingerprint density at radius 2 is 0.537 bits per heavy atom. The Morgan fingerprint density at radius 1 is 0.366 bits per heavy atom. The summed E-state index contributed by atoms with van der Waals surface area (Å²) in [5.74, 6) is -1.99. The van der Waals surface area contributed by atoms with Gasteiger partial charge in [-0.25, -0.2) is 0 Å². The van der Waals surface area contributed by atoms with Gasteiger partial charge >= 0.3 is 17.9 Å². The number of aliphatic hydroxyl groups excluding tert-OH is 1. The smallest absolute Gasteiger partial charge is 0.303 e. The van der Waals surface area contributed by atoms with Gasteiger partial charge < -0.3 is 20.4 Å². The zero-order chi connectivity index (χ0) is 31.1. The third-order valence-corrected chi connectivity index (χ3v) is 6.21. The van der Waals surface area contributed by atoms with Crippen molar-refractivity contribution in [1.29, 1.82) is 0 Å². The van der Waals surface area contributed by atoms with Gasteiger partial charge in [-0.05, 0) is 25.7 Å². The summed E-state index contributed by atoms with van der Waals surface area (Å²) in [6.07, 6.45) is 26.8. The normalized spacial score (nSPS) is 9.59. The first-order valence-corrected chi connectivity index (χ1v) is 16.5. The Morgan fingerprint density at radius 3 is 0.683 bits per heavy atom. The zero-order valence-corrected chi connectivity index (χ0v) is 29.0. The predicted molar refractivity (Wildman–Crippen MR) is 168 cm³/mol. The van der Waals surface area contributed by atoms with Crippen LogP contribution in [-0.2, 0) is 36.1 Å². The van der Waals surface area contributed by atoms with Crippen LogP contribution in [0.15, 0.2) is 0 Å². The first-order valence-electron chi connectivity index (χ1n) is 16.5. The fourth-order valence-corrected chi connectivity index (χ4v) is 3.70. The number of carboxylic acids is 3. The van der Waals surface area contributed by atoms with Crippen molar-refractivity contribution in [1.82, 2.24) is 0 Å². The maximum absolute atomic E-state index is 10.1. The van der Waals surface area contributed by atoms with Crippen LogP contribution in [0.5, 0.6) is 0 Å². The Hall–Kier alpha value is -0.916. The monoisotopic (exact) mass is 624 g/mol. The van der Waals surface area contributed by atoms with Crippen LogP contribution in [0.3, 0.4) is 0 Å². The maximum atomic E-state index is 10.1. The molecule has 246 valence electrons. The summed E-state index contributed by atoms with van der Waals surface area (Å²) >= 11 is 0. The molecule has 0 saturated heterocycles. The molecular weight excluding hydrogens is 556 g/mol. The molecule has 0 aromatic carbocycles. The van der Waals surface area contributed by atoms with E-state index in [1.165, 1.54) is 96.3 Å². The largest absolute Gasteiger partial charge is 0.481 e. The van der Waals surface area contributed by atoms with Gasteiger partial charge in [-0.3, -0.25) is 14.4 Å². The molecule has 0 aromatic rings. The van der Waals surface area contributed by atoms with Crippen molar-refractivity contribution in [3.63, 3.8) is 0 Å². The Bertz CT molecular complexity index is 433. The Balaban J connectivity index is -0.000000146. The van der Waals surface area contributed by atoms with Crippen LogP contribution in [0, 0.1) is 0 Å². The number of carboxylic acid groups (broad SMARTS) is 3. The van der Waals surface area contributed by atoms with Crippen LogP contribution < -0.4 is 0 Å². The van der Waals surface area contributed by atoms with Crippen molar-refractivity contribution in [2.45, 2.75) is 188 Å². The molecule has 0 bridgehead atoms. The average molecular weight is 625 g/mol. The van der Waals surface area contributed by atoms with Crippen LogP contribution in [0.2, 0.25) is 0 Å². The molecule has 4 N–H and O–H groups in total. The number of aliphatic carboxylic acids is 3. The van der Waals surface area contributed by atoms with Gasteiger partial charge in [-0.1, -0.05) is 143 Å². The molecule has 0 unspecified atom stereocenters. The van der Waals surface area contributed by atoms with Crippen molar-refractivity contribution in [3.8, 4) is 0 Å². The molecule has 0 amide bonds. The number of unbranched alkanes of at least 4 members (excludes halogenated alkanes) is 18. The number of rotatable bonds is 25. The summed E-state index contributed by atoms with van der Waals surface area (Å²) in [6.45, 7) is 8.85. The first-order chi connectivity index (χ1) is 19.2. The topological polar surface area (TPSA) is 132 Å². The molecule has 0 atom stereocenters. The van der Waals surface area contributed by atoms with E-state index >= 15 is 0 Å². The molecule has 0 saturated carbocycles. The fourth-order valence-electron chi connectivity index (χ4n) is 3.70. The van der Waals surface area contributed by atoms with E-state index in [1.54, 1.807) is 0 Å². The van der Waals surface area contributed by atoms with Crippen LogP contribution in [0.25, 0.3) is 0 Å². The number of aliphatic hydroxyl groups is 1. The van der Waals surface area contributed by atoms with Gasteiger partial charge in [0.05, 0.1) is 0 Å². The van der Waals surface area contributed by atoms with Gasteiger partial charge in [0.15, 0.2) is 0 Å². The SMILES string of the molecule is CCCCCCCCCC(=O)O.CCCCCCCCCC(=O)O.CCCCCCCCCC(=O)O.CCCO.[Ti]. The molecule has 0 aliphatic heterocycles. The molecule has 0 rings (SSSR count). The quantitative estimate of drug-likeness (QED) is 0.0587. The standard InChI is InChI=1S/3C10H20O2.C3H8O.Ti/c3*1-2-3-4-5-6-7-8-9-10(11)12;1-2-3-4;/h3*2-9H2,1H3,(H,11,12);4H,2-3H2,1H3;. The van der Waals surface area contributed by atoms with Crippen LogP contribution in [0.4, 0.5) is 0 Å². The molecule has 0 fully saturated rings. The second-order valence-electron chi connectivity index (χ2n) is 10.5. The van der Waals surface area contributed by atoms with Crippen LogP contribution in [0.1, 0.15) is 188 Å². The summed E-state index contributed by atoms with van der Waals surface area (Å²) in [5, 5.41) is 32.9. The maximum Gasteiger partial charge on any atom is 0.303 e. The van der Waals surface area contributed by atoms with E-state index in [1.807, 2.05) is 6.92 Å². The van der Waals surface area contributed by atoms with E-state index in [4.69, 9.17) is 20.4 Å². The van der Waals surface area contributed by atoms with Gasteiger partial charge in [0.2, 0.25) is 0 Å². The van der Waals surface area contributed by atoms with E-state index in [-0.39, 0.29) is 21.7 Å². The van der Waals surface area contributed by atoms with Gasteiger partial charge in [-0.15, -0.1) is 0 Å². The Kier molecular flexibility index (Phi) is 59.2. The molecule has 41 heavy (non-hydrogen) atoms. The molecule has 0 aromatic heterocycles. The third-order valence-electron chi connectivity index (χ3n) is 6.21. The Labute approximate surface area is 268 Å². The first kappa shape index (κ1) is 49.7. The molecule has 0 aliphatic rings. The van der Waals surface area contributed by atoms with Crippen molar-refractivity contribution in [2.75, 3.05) is 6.61 Å². The summed E-state index contributed by atoms with van der Waals surface area (Å²) in [5.41, 5.74) is 0. The summed E-state index contributed by atoms with van der Waals surface area (Å²) < 4.78 is 0. The summed E-state index contributed by atoms with van der Waals surface area (Å²) in [7, 11) is 0. The minimum Gasteiger partial charge on any atom is -0.481 e. The minimum absolute atomic E-state index is 0. The van der Waals surface area contributed by atoms with E-state index in [2.05, 4.69) is 20.8 Å². The van der Waals surface area contributed by atoms with Crippen molar-refractivity contribution >= 4 is 17.9 Å². The van der Waals surface area contributed by atoms with E-state index in [9.17, 15) is 14.4 Å². The van der Waals surface area contributed by atoms with Gasteiger partial charge in [-0.2, -0.15) is 0 Å². The molecular formula is C33H68O7Ti. The summed E-state index contributed by atoms with van der Waals surface area (Å²) in [6, 6.07) is 0.